The number of furan rings is 1. The predicted molar refractivity (Wildman–Crippen MR) is 114 cm³/mol. The number of morpholine rings is 1. The van der Waals surface area contributed by atoms with E-state index >= 15 is 0 Å². The maximum absolute atomic E-state index is 13.8. The number of hydrogen-bond donors (Lipinski definition) is 1. The molecule has 1 aromatic carbocycles. The number of carbonyl (C=O) groups excluding carboxylic acids is 1. The van der Waals surface area contributed by atoms with Gasteiger partial charge in [-0.15, -0.1) is 0 Å². The second kappa shape index (κ2) is 8.74. The van der Waals surface area contributed by atoms with Crippen molar-refractivity contribution in [2.24, 2.45) is 0 Å². The van der Waals surface area contributed by atoms with E-state index in [1.165, 1.54) is 6.07 Å². The van der Waals surface area contributed by atoms with Gasteiger partial charge in [0.15, 0.2) is 0 Å². The summed E-state index contributed by atoms with van der Waals surface area (Å²) in [7, 11) is 0. The van der Waals surface area contributed by atoms with Gasteiger partial charge in [0.05, 0.1) is 42.8 Å². The number of halogens is 3. The lowest BCUT2D eigenvalue weighted by molar-refractivity contribution is -0.136. The minimum absolute atomic E-state index is 0.268. The van der Waals surface area contributed by atoms with E-state index in [0.29, 0.717) is 49.8 Å². The molecule has 1 N–H and O–H groups in total. The number of ether oxygens (including phenoxy) is 1. The predicted octanol–water partition coefficient (Wildman–Crippen LogP) is 4.85. The van der Waals surface area contributed by atoms with Crippen LogP contribution < -0.4 is 10.2 Å². The highest BCUT2D eigenvalue weighted by Crippen LogP contribution is 2.38. The monoisotopic (exact) mass is 447 g/mol. The van der Waals surface area contributed by atoms with Crippen LogP contribution >= 0.6 is 0 Å². The lowest BCUT2D eigenvalue weighted by atomic mass is 10.1. The maximum Gasteiger partial charge on any atom is 0.418 e. The zero-order valence-electron chi connectivity index (χ0n) is 17.8. The maximum atomic E-state index is 13.8. The number of hydrogen-bond acceptors (Lipinski definition) is 4. The Kier molecular flexibility index (Phi) is 6.01. The minimum Gasteiger partial charge on any atom is -0.467 e. The first kappa shape index (κ1) is 22.0. The third-order valence-corrected chi connectivity index (χ3v) is 5.65. The molecule has 2 aromatic heterocycles. The summed E-state index contributed by atoms with van der Waals surface area (Å²) < 4.78 is 53.9. The van der Waals surface area contributed by atoms with E-state index in [1.807, 2.05) is 22.5 Å². The van der Waals surface area contributed by atoms with E-state index in [2.05, 4.69) is 5.32 Å². The molecule has 4 rings (SSSR count). The zero-order valence-corrected chi connectivity index (χ0v) is 17.8. The summed E-state index contributed by atoms with van der Waals surface area (Å²) in [6.07, 6.45) is -3.04. The molecule has 32 heavy (non-hydrogen) atoms. The Morgan fingerprint density at radius 1 is 1.12 bits per heavy atom. The van der Waals surface area contributed by atoms with Crippen molar-refractivity contribution >= 4 is 17.3 Å². The van der Waals surface area contributed by atoms with Crippen LogP contribution in [0.5, 0.6) is 0 Å². The van der Waals surface area contributed by atoms with E-state index in [9.17, 15) is 18.0 Å². The molecule has 3 heterocycles. The summed E-state index contributed by atoms with van der Waals surface area (Å²) in [6, 6.07) is 9.26. The Morgan fingerprint density at radius 3 is 2.53 bits per heavy atom. The Morgan fingerprint density at radius 2 is 1.88 bits per heavy atom. The largest absolute Gasteiger partial charge is 0.467 e. The summed E-state index contributed by atoms with van der Waals surface area (Å²) in [4.78, 5) is 14.8. The van der Waals surface area contributed by atoms with Crippen molar-refractivity contribution in [3.63, 3.8) is 0 Å². The number of nitrogens with zero attached hydrogens (tertiary/aromatic N) is 2. The second-order valence-corrected chi connectivity index (χ2v) is 7.73. The van der Waals surface area contributed by atoms with E-state index in [-0.39, 0.29) is 5.69 Å². The van der Waals surface area contributed by atoms with Crippen LogP contribution in [0.4, 0.5) is 24.5 Å². The van der Waals surface area contributed by atoms with Crippen molar-refractivity contribution in [1.82, 2.24) is 4.57 Å². The molecule has 0 radical (unpaired) electrons. The van der Waals surface area contributed by atoms with Gasteiger partial charge in [0.2, 0.25) is 0 Å². The lowest BCUT2D eigenvalue weighted by Gasteiger charge is -2.29. The molecule has 0 bridgehead atoms. The van der Waals surface area contributed by atoms with Crippen LogP contribution in [0.1, 0.15) is 33.1 Å². The van der Waals surface area contributed by atoms with Gasteiger partial charge in [-0.2, -0.15) is 13.2 Å². The van der Waals surface area contributed by atoms with Crippen LogP contribution in [0.3, 0.4) is 0 Å². The summed E-state index contributed by atoms with van der Waals surface area (Å²) in [5.74, 6) is 0.130. The molecule has 0 atom stereocenters. The van der Waals surface area contributed by atoms with Crippen LogP contribution in [0.2, 0.25) is 0 Å². The third kappa shape index (κ3) is 4.52. The number of anilines is 2. The van der Waals surface area contributed by atoms with Gasteiger partial charge in [0.25, 0.3) is 5.91 Å². The number of aromatic nitrogens is 1. The summed E-state index contributed by atoms with van der Waals surface area (Å²) in [5.41, 5.74) is 1.09. The minimum atomic E-state index is -4.61. The molecule has 1 aliphatic rings. The van der Waals surface area contributed by atoms with Gasteiger partial charge in [0.1, 0.15) is 5.76 Å². The molecule has 0 saturated carbocycles. The number of rotatable bonds is 5. The standard InChI is InChI=1S/C23H24F3N3O3/c1-15-12-19(16(2)29(15)14-18-4-3-9-32-18)22(30)27-21-6-5-17(13-20(21)23(24,25)26)28-7-10-31-11-8-28/h3-6,9,12-13H,7-8,10-11,14H2,1-2H3,(H,27,30). The molecule has 1 amide bonds. The third-order valence-electron chi connectivity index (χ3n) is 5.65. The Bertz CT molecular complexity index is 1100. The van der Waals surface area contributed by atoms with E-state index in [4.69, 9.17) is 9.15 Å². The Labute approximate surface area is 183 Å². The first-order valence-corrected chi connectivity index (χ1v) is 10.3. The van der Waals surface area contributed by atoms with Gasteiger partial charge >= 0.3 is 6.18 Å². The van der Waals surface area contributed by atoms with Crippen LogP contribution in [0.25, 0.3) is 0 Å². The molecule has 0 spiro atoms. The smallest absolute Gasteiger partial charge is 0.418 e. The van der Waals surface area contributed by atoms with Crippen LogP contribution in [-0.2, 0) is 17.5 Å². The molecule has 170 valence electrons. The first-order valence-electron chi connectivity index (χ1n) is 10.3. The molecule has 0 unspecified atom stereocenters. The highest BCUT2D eigenvalue weighted by molar-refractivity contribution is 6.05. The quantitative estimate of drug-likeness (QED) is 0.607. The van der Waals surface area contributed by atoms with Crippen LogP contribution in [-0.4, -0.2) is 36.8 Å². The Balaban J connectivity index is 1.60. The SMILES string of the molecule is Cc1cc(C(=O)Nc2ccc(N3CCOCC3)cc2C(F)(F)F)c(C)n1Cc1ccco1. The highest BCUT2D eigenvalue weighted by Gasteiger charge is 2.35. The second-order valence-electron chi connectivity index (χ2n) is 7.73. The number of benzene rings is 1. The summed E-state index contributed by atoms with van der Waals surface area (Å²) in [5, 5.41) is 2.46. The van der Waals surface area contributed by atoms with Gasteiger partial charge in [-0.1, -0.05) is 0 Å². The summed E-state index contributed by atoms with van der Waals surface area (Å²) in [6.45, 7) is 6.00. The van der Waals surface area contributed by atoms with E-state index in [1.54, 1.807) is 31.4 Å². The fourth-order valence-electron chi connectivity index (χ4n) is 3.92. The number of carbonyl (C=O) groups is 1. The van der Waals surface area contributed by atoms with Gasteiger partial charge in [0, 0.05) is 30.2 Å². The Hall–Kier alpha value is -3.20. The average molecular weight is 447 g/mol. The summed E-state index contributed by atoms with van der Waals surface area (Å²) >= 11 is 0. The number of aryl methyl sites for hydroxylation is 1. The number of alkyl halides is 3. The van der Waals surface area contributed by atoms with Crippen LogP contribution in [0, 0.1) is 13.8 Å². The van der Waals surface area contributed by atoms with Crippen molar-refractivity contribution in [2.45, 2.75) is 26.6 Å². The molecule has 9 heteroatoms. The molecule has 1 saturated heterocycles. The van der Waals surface area contributed by atoms with Crippen molar-refractivity contribution in [1.29, 1.82) is 0 Å². The van der Waals surface area contributed by atoms with Gasteiger partial charge in [-0.05, 0) is 50.2 Å². The van der Waals surface area contributed by atoms with Gasteiger partial charge in [-0.25, -0.2) is 0 Å². The number of amides is 1. The molecule has 3 aromatic rings. The zero-order chi connectivity index (χ0) is 22.9. The fourth-order valence-corrected chi connectivity index (χ4v) is 3.92. The molecular formula is C23H24F3N3O3. The normalized spacial score (nSPS) is 14.6. The molecule has 6 nitrogen and oxygen atoms in total. The lowest BCUT2D eigenvalue weighted by Crippen LogP contribution is -2.36. The van der Waals surface area contributed by atoms with E-state index in [0.717, 1.165) is 17.5 Å². The fraction of sp³-hybridized carbons (Fsp3) is 0.348. The van der Waals surface area contributed by atoms with Crippen LogP contribution in [0.15, 0.2) is 47.1 Å². The van der Waals surface area contributed by atoms with Crippen molar-refractivity contribution in [2.75, 3.05) is 36.5 Å². The van der Waals surface area contributed by atoms with Crippen molar-refractivity contribution in [3.8, 4) is 0 Å². The topological polar surface area (TPSA) is 59.6 Å². The highest BCUT2D eigenvalue weighted by atomic mass is 19.4. The molecule has 1 aliphatic heterocycles. The van der Waals surface area contributed by atoms with E-state index < -0.39 is 17.6 Å². The molecule has 0 aliphatic carbocycles. The van der Waals surface area contributed by atoms with Gasteiger partial charge in [-0.3, -0.25) is 4.79 Å². The van der Waals surface area contributed by atoms with Crippen molar-refractivity contribution < 1.29 is 27.1 Å². The first-order chi connectivity index (χ1) is 15.2. The average Bonchev–Trinajstić information content (AvgIpc) is 3.38. The number of nitrogens with one attached hydrogen (secondary N) is 1. The molecule has 1 fully saturated rings. The van der Waals surface area contributed by atoms with Gasteiger partial charge < -0.3 is 23.9 Å². The van der Waals surface area contributed by atoms with Crippen molar-refractivity contribution in [3.05, 3.63) is 70.9 Å². The molecular weight excluding hydrogens is 423 g/mol.